The van der Waals surface area contributed by atoms with Gasteiger partial charge in [-0.05, 0) is 65.6 Å². The number of likely N-dealkylation sites (tertiary alicyclic amines) is 2. The van der Waals surface area contributed by atoms with Gasteiger partial charge in [0.15, 0.2) is 18.1 Å². The predicted octanol–water partition coefficient (Wildman–Crippen LogP) is 7.65. The Morgan fingerprint density at radius 3 is 1.78 bits per heavy atom. The van der Waals surface area contributed by atoms with Crippen LogP contribution in [0.1, 0.15) is 61.0 Å². The molecule has 3 N–H and O–H groups in total. The summed E-state index contributed by atoms with van der Waals surface area (Å²) in [6, 6.07) is 31.8. The Morgan fingerprint density at radius 1 is 0.690 bits per heavy atom. The average Bonchev–Trinajstić information content (AvgIpc) is 4.12. The van der Waals surface area contributed by atoms with Crippen molar-refractivity contribution in [1.82, 2.24) is 35.1 Å². The van der Waals surface area contributed by atoms with Gasteiger partial charge in [-0.15, -0.1) is 0 Å². The number of imidazole rings is 2. The number of benzene rings is 4. The summed E-state index contributed by atoms with van der Waals surface area (Å²) in [5, 5.41) is 2.71. The lowest BCUT2D eigenvalue weighted by atomic mass is 10.0. The summed E-state index contributed by atoms with van der Waals surface area (Å²) in [7, 11) is 2.86. The average molecular weight is 780 g/mol. The number of para-hydroxylation sites is 2. The molecule has 4 heterocycles. The van der Waals surface area contributed by atoms with Crippen molar-refractivity contribution in [2.75, 3.05) is 33.9 Å². The summed E-state index contributed by atoms with van der Waals surface area (Å²) >= 11 is 0. The zero-order chi connectivity index (χ0) is 40.0. The van der Waals surface area contributed by atoms with E-state index in [1.54, 1.807) is 30.3 Å². The number of aromatic nitrogens is 4. The molecule has 2 fully saturated rings. The summed E-state index contributed by atoms with van der Waals surface area (Å²) in [6.07, 6.45) is 6.26. The van der Waals surface area contributed by atoms with E-state index in [0.717, 1.165) is 65.1 Å². The number of carbonyl (C=O) groups excluding carboxylic acids is 3. The lowest BCUT2D eigenvalue weighted by molar-refractivity contribution is -0.135. The molecule has 8 rings (SSSR count). The fourth-order valence-corrected chi connectivity index (χ4v) is 7.89. The minimum Gasteiger partial charge on any atom is -0.493 e. The Hall–Kier alpha value is -6.89. The standard InChI is InChI=1S/C45H45N7O6/c1-56-38-14-6-7-15-39(38)58-28-40(53)51-24-8-12-36(51)42-46-26-34(48-42)31-20-16-29(17-21-31)30-18-22-32(23-19-30)35-27-47-43(49-35)37-13-9-25-52(37)44(54)41(50-45(55)57-2)33-10-4-3-5-11-33/h3-7,10-11,14-23,26-27,36-37,41H,8-9,12-13,24-25,28H2,1-2H3,(H,46,48)(H,47,49)(H,50,55)/t36-,37-,41+/m0/s1. The van der Waals surface area contributed by atoms with Crippen molar-refractivity contribution in [2.24, 2.45) is 0 Å². The van der Waals surface area contributed by atoms with Gasteiger partial charge in [-0.25, -0.2) is 14.8 Å². The predicted molar refractivity (Wildman–Crippen MR) is 218 cm³/mol. The number of alkyl carbamates (subject to hydrolysis) is 1. The van der Waals surface area contributed by atoms with Gasteiger partial charge in [-0.3, -0.25) is 9.59 Å². The number of rotatable bonds is 12. The smallest absolute Gasteiger partial charge is 0.407 e. The molecule has 3 atom stereocenters. The largest absolute Gasteiger partial charge is 0.493 e. The van der Waals surface area contributed by atoms with E-state index in [1.807, 2.05) is 53.6 Å². The van der Waals surface area contributed by atoms with Crippen molar-refractivity contribution >= 4 is 17.9 Å². The molecule has 0 bridgehead atoms. The Balaban J connectivity index is 0.904. The van der Waals surface area contributed by atoms with E-state index in [2.05, 4.69) is 68.8 Å². The lowest BCUT2D eigenvalue weighted by Crippen LogP contribution is -2.42. The van der Waals surface area contributed by atoms with Crippen LogP contribution in [-0.4, -0.2) is 81.6 Å². The summed E-state index contributed by atoms with van der Waals surface area (Å²) in [4.78, 5) is 59.3. The summed E-state index contributed by atoms with van der Waals surface area (Å²) in [5.41, 5.74) is 6.52. The van der Waals surface area contributed by atoms with Crippen molar-refractivity contribution in [3.63, 3.8) is 0 Å². The zero-order valence-electron chi connectivity index (χ0n) is 32.4. The first kappa shape index (κ1) is 38.0. The van der Waals surface area contributed by atoms with Crippen LogP contribution < -0.4 is 14.8 Å². The molecule has 2 aliphatic heterocycles. The summed E-state index contributed by atoms with van der Waals surface area (Å²) in [6.45, 7) is 1.13. The molecular formula is C45H45N7O6. The monoisotopic (exact) mass is 779 g/mol. The quantitative estimate of drug-likeness (QED) is 0.115. The maximum Gasteiger partial charge on any atom is 0.407 e. The molecule has 0 saturated carbocycles. The van der Waals surface area contributed by atoms with Crippen LogP contribution in [0.3, 0.4) is 0 Å². The van der Waals surface area contributed by atoms with Gasteiger partial charge in [0.1, 0.15) is 17.7 Å². The van der Waals surface area contributed by atoms with Gasteiger partial charge < -0.3 is 39.3 Å². The second kappa shape index (κ2) is 17.1. The van der Waals surface area contributed by atoms with Gasteiger partial charge in [-0.1, -0.05) is 91.0 Å². The minimum absolute atomic E-state index is 0.0773. The molecule has 2 aliphatic rings. The molecule has 58 heavy (non-hydrogen) atoms. The van der Waals surface area contributed by atoms with E-state index in [1.165, 1.54) is 7.11 Å². The molecule has 0 spiro atoms. The normalized spacial score (nSPS) is 16.9. The van der Waals surface area contributed by atoms with Crippen molar-refractivity contribution in [3.8, 4) is 45.1 Å². The van der Waals surface area contributed by atoms with E-state index in [9.17, 15) is 14.4 Å². The van der Waals surface area contributed by atoms with Gasteiger partial charge in [0.25, 0.3) is 11.8 Å². The molecule has 2 saturated heterocycles. The third kappa shape index (κ3) is 8.01. The number of ether oxygens (including phenoxy) is 3. The third-order valence-electron chi connectivity index (χ3n) is 10.9. The highest BCUT2D eigenvalue weighted by Crippen LogP contribution is 2.36. The number of methoxy groups -OCH3 is 2. The van der Waals surface area contributed by atoms with Crippen LogP contribution in [0.4, 0.5) is 4.79 Å². The zero-order valence-corrected chi connectivity index (χ0v) is 32.4. The molecule has 2 aromatic heterocycles. The lowest BCUT2D eigenvalue weighted by Gasteiger charge is -2.28. The SMILES string of the molecule is COC(=O)N[C@@H](C(=O)N1CCC[C@H]1c1ncc(-c2ccc(-c3ccc(-c4cnc([C@@H]5CCCN5C(=O)COc5ccccc5OC)[nH]4)cc3)cc2)[nH]1)c1ccccc1. The number of H-pyrrole nitrogens is 2. The van der Waals surface area contributed by atoms with Crippen LogP contribution in [0, 0.1) is 0 Å². The second-order valence-electron chi connectivity index (χ2n) is 14.4. The van der Waals surface area contributed by atoms with Crippen LogP contribution in [0.5, 0.6) is 11.5 Å². The molecule has 0 unspecified atom stereocenters. The first-order chi connectivity index (χ1) is 28.4. The number of aromatic amines is 2. The Kier molecular flexibility index (Phi) is 11.2. The molecule has 4 aromatic carbocycles. The van der Waals surface area contributed by atoms with E-state index >= 15 is 0 Å². The summed E-state index contributed by atoms with van der Waals surface area (Å²) in [5.74, 6) is 2.29. The van der Waals surface area contributed by atoms with Crippen LogP contribution in [0.15, 0.2) is 116 Å². The highest BCUT2D eigenvalue weighted by atomic mass is 16.5. The van der Waals surface area contributed by atoms with Gasteiger partial charge in [-0.2, -0.15) is 0 Å². The molecular weight excluding hydrogens is 735 g/mol. The first-order valence-corrected chi connectivity index (χ1v) is 19.5. The maximum absolute atomic E-state index is 13.9. The fourth-order valence-electron chi connectivity index (χ4n) is 7.89. The molecule has 3 amide bonds. The van der Waals surface area contributed by atoms with Crippen LogP contribution >= 0.6 is 0 Å². The van der Waals surface area contributed by atoms with Crippen molar-refractivity contribution in [1.29, 1.82) is 0 Å². The van der Waals surface area contributed by atoms with Crippen LogP contribution in [-0.2, 0) is 14.3 Å². The van der Waals surface area contributed by atoms with Gasteiger partial charge in [0.2, 0.25) is 0 Å². The van der Waals surface area contributed by atoms with E-state index in [4.69, 9.17) is 19.2 Å². The van der Waals surface area contributed by atoms with E-state index in [-0.39, 0.29) is 30.5 Å². The summed E-state index contributed by atoms with van der Waals surface area (Å²) < 4.78 is 16.0. The highest BCUT2D eigenvalue weighted by Gasteiger charge is 2.37. The molecule has 0 aliphatic carbocycles. The molecule has 6 aromatic rings. The number of nitrogens with one attached hydrogen (secondary N) is 3. The molecule has 296 valence electrons. The van der Waals surface area contributed by atoms with Gasteiger partial charge in [0.05, 0.1) is 50.1 Å². The van der Waals surface area contributed by atoms with Crippen molar-refractivity contribution < 1.29 is 28.6 Å². The Morgan fingerprint density at radius 2 is 1.21 bits per heavy atom. The second-order valence-corrected chi connectivity index (χ2v) is 14.4. The number of hydrogen-bond donors (Lipinski definition) is 3. The number of amides is 3. The first-order valence-electron chi connectivity index (χ1n) is 19.5. The van der Waals surface area contributed by atoms with E-state index in [0.29, 0.717) is 36.0 Å². The topological polar surface area (TPSA) is 155 Å². The third-order valence-corrected chi connectivity index (χ3v) is 10.9. The van der Waals surface area contributed by atoms with Gasteiger partial charge >= 0.3 is 6.09 Å². The molecule has 0 radical (unpaired) electrons. The maximum atomic E-state index is 13.9. The number of hydrogen-bond acceptors (Lipinski definition) is 8. The van der Waals surface area contributed by atoms with Crippen LogP contribution in [0.2, 0.25) is 0 Å². The van der Waals surface area contributed by atoms with Crippen LogP contribution in [0.25, 0.3) is 33.6 Å². The van der Waals surface area contributed by atoms with Crippen molar-refractivity contribution in [3.05, 3.63) is 133 Å². The van der Waals surface area contributed by atoms with Gasteiger partial charge in [0, 0.05) is 13.1 Å². The van der Waals surface area contributed by atoms with E-state index < -0.39 is 12.1 Å². The number of carbonyl (C=O) groups is 3. The Labute approximate surface area is 336 Å². The molecule has 13 heteroatoms. The Bertz CT molecular complexity index is 2360. The highest BCUT2D eigenvalue weighted by molar-refractivity contribution is 5.87. The fraction of sp³-hybridized carbons (Fsp3) is 0.267. The molecule has 13 nitrogen and oxygen atoms in total. The number of nitrogens with zero attached hydrogens (tertiary/aromatic N) is 4. The minimum atomic E-state index is -0.875. The van der Waals surface area contributed by atoms with Crippen molar-refractivity contribution in [2.45, 2.75) is 43.8 Å².